The lowest BCUT2D eigenvalue weighted by atomic mass is 9.83. The van der Waals surface area contributed by atoms with Gasteiger partial charge in [-0.2, -0.15) is 4.89 Å². The van der Waals surface area contributed by atoms with E-state index < -0.39 is 5.97 Å². The van der Waals surface area contributed by atoms with Crippen LogP contribution in [-0.2, 0) is 21.6 Å². The molecule has 3 aromatic carbocycles. The van der Waals surface area contributed by atoms with Crippen LogP contribution in [0.25, 0.3) is 22.3 Å². The first-order valence-corrected chi connectivity index (χ1v) is 13.8. The molecule has 0 radical (unpaired) electrons. The molecule has 1 N–H and O–H groups in total. The third kappa shape index (κ3) is 7.24. The summed E-state index contributed by atoms with van der Waals surface area (Å²) in [5, 5.41) is 8.84. The summed E-state index contributed by atoms with van der Waals surface area (Å²) in [6.07, 6.45) is 2.03. The summed E-state index contributed by atoms with van der Waals surface area (Å²) in [4.78, 5) is 24.8. The van der Waals surface area contributed by atoms with Crippen molar-refractivity contribution in [2.75, 3.05) is 31.2 Å². The predicted molar refractivity (Wildman–Crippen MR) is 157 cm³/mol. The Morgan fingerprint density at radius 3 is 2.24 bits per heavy atom. The van der Waals surface area contributed by atoms with Crippen LogP contribution in [-0.4, -0.2) is 37.4 Å². The van der Waals surface area contributed by atoms with Crippen molar-refractivity contribution in [2.24, 2.45) is 0 Å². The summed E-state index contributed by atoms with van der Waals surface area (Å²) in [7, 11) is 0. The molecule has 0 fully saturated rings. The van der Waals surface area contributed by atoms with E-state index in [1.165, 1.54) is 22.4 Å². The Morgan fingerprint density at radius 2 is 1.58 bits per heavy atom. The fourth-order valence-electron chi connectivity index (χ4n) is 4.73. The van der Waals surface area contributed by atoms with Gasteiger partial charge in [-0.05, 0) is 102 Å². The molecule has 3 rings (SSSR count). The standard InChI is InChI=1S/C33H43NO4/c1-7-24-21-28(32(36)38-37-20-11-10-19-35)15-17-29(24)27-14-12-13-25(22-27)26-16-18-31(34(8-2)9-3)30(23-26)33(4,5)6/h12-18,21-23,35H,7-11,19-20H2,1-6H3. The summed E-state index contributed by atoms with van der Waals surface area (Å²) in [5.41, 5.74) is 8.79. The zero-order chi connectivity index (χ0) is 27.7. The lowest BCUT2D eigenvalue weighted by Crippen LogP contribution is -2.26. The number of unbranched alkanes of at least 4 members (excludes halogenated alkanes) is 1. The number of carbonyl (C=O) groups is 1. The van der Waals surface area contributed by atoms with E-state index in [4.69, 9.17) is 14.9 Å². The molecule has 5 nitrogen and oxygen atoms in total. The Kier molecular flexibility index (Phi) is 10.5. The maximum atomic E-state index is 12.5. The van der Waals surface area contributed by atoms with Crippen molar-refractivity contribution in [3.8, 4) is 22.3 Å². The Hall–Kier alpha value is -3.15. The third-order valence-corrected chi connectivity index (χ3v) is 6.91. The number of carbonyl (C=O) groups excluding carboxylic acids is 1. The summed E-state index contributed by atoms with van der Waals surface area (Å²) < 4.78 is 0. The van der Waals surface area contributed by atoms with Crippen LogP contribution in [0.1, 0.15) is 75.9 Å². The highest BCUT2D eigenvalue weighted by atomic mass is 17.2. The van der Waals surface area contributed by atoms with Gasteiger partial charge in [0.05, 0.1) is 12.2 Å². The molecular weight excluding hydrogens is 474 g/mol. The van der Waals surface area contributed by atoms with Crippen LogP contribution in [0, 0.1) is 0 Å². The molecule has 5 heteroatoms. The first kappa shape index (κ1) is 29.4. The van der Waals surface area contributed by atoms with Crippen molar-refractivity contribution in [1.82, 2.24) is 0 Å². The maximum absolute atomic E-state index is 12.5. The Labute approximate surface area is 228 Å². The minimum Gasteiger partial charge on any atom is -0.396 e. The molecule has 0 atom stereocenters. The van der Waals surface area contributed by atoms with Gasteiger partial charge in [-0.15, -0.1) is 0 Å². The minimum absolute atomic E-state index is 0.0217. The normalized spacial score (nSPS) is 11.4. The second-order valence-electron chi connectivity index (χ2n) is 10.6. The van der Waals surface area contributed by atoms with Crippen LogP contribution in [0.3, 0.4) is 0 Å². The molecule has 0 aliphatic carbocycles. The number of hydrogen-bond acceptors (Lipinski definition) is 5. The van der Waals surface area contributed by atoms with Crippen molar-refractivity contribution in [3.63, 3.8) is 0 Å². The topological polar surface area (TPSA) is 59.0 Å². The van der Waals surface area contributed by atoms with E-state index in [0.29, 0.717) is 18.4 Å². The SMILES string of the molecule is CCc1cc(C(=O)OOCCCCO)ccc1-c1cccc(-c2ccc(N(CC)CC)c(C(C)(C)C)c2)c1. The lowest BCUT2D eigenvalue weighted by Gasteiger charge is -2.30. The summed E-state index contributed by atoms with van der Waals surface area (Å²) in [6.45, 7) is 15.6. The molecule has 0 saturated carbocycles. The van der Waals surface area contributed by atoms with Crippen LogP contribution in [0.5, 0.6) is 0 Å². The number of aryl methyl sites for hydroxylation is 1. The lowest BCUT2D eigenvalue weighted by molar-refractivity contribution is -0.241. The molecule has 38 heavy (non-hydrogen) atoms. The van der Waals surface area contributed by atoms with Gasteiger partial charge >= 0.3 is 5.97 Å². The number of aliphatic hydroxyl groups is 1. The van der Waals surface area contributed by atoms with Crippen LogP contribution in [0.15, 0.2) is 60.7 Å². The monoisotopic (exact) mass is 517 g/mol. The van der Waals surface area contributed by atoms with Gasteiger partial charge in [0.2, 0.25) is 0 Å². The van der Waals surface area contributed by atoms with E-state index in [0.717, 1.165) is 36.2 Å². The zero-order valence-electron chi connectivity index (χ0n) is 23.8. The van der Waals surface area contributed by atoms with Gasteiger partial charge in [0.15, 0.2) is 0 Å². The number of aliphatic hydroxyl groups excluding tert-OH is 1. The van der Waals surface area contributed by atoms with Gasteiger partial charge in [-0.1, -0.05) is 58.0 Å². The predicted octanol–water partition coefficient (Wildman–Crippen LogP) is 7.59. The molecule has 0 aliphatic heterocycles. The van der Waals surface area contributed by atoms with Crippen LogP contribution in [0.2, 0.25) is 0 Å². The van der Waals surface area contributed by atoms with Crippen molar-refractivity contribution in [2.45, 2.75) is 66.2 Å². The van der Waals surface area contributed by atoms with Gasteiger partial charge in [-0.3, -0.25) is 4.89 Å². The second-order valence-corrected chi connectivity index (χ2v) is 10.6. The van der Waals surface area contributed by atoms with Gasteiger partial charge in [0.1, 0.15) is 0 Å². The Morgan fingerprint density at radius 1 is 0.868 bits per heavy atom. The molecule has 0 amide bonds. The van der Waals surface area contributed by atoms with E-state index >= 15 is 0 Å². The van der Waals surface area contributed by atoms with Crippen molar-refractivity contribution in [1.29, 1.82) is 0 Å². The number of benzene rings is 3. The summed E-state index contributed by atoms with van der Waals surface area (Å²) in [6, 6.07) is 21.1. The molecule has 0 spiro atoms. The number of anilines is 1. The van der Waals surface area contributed by atoms with E-state index in [1.807, 2.05) is 12.1 Å². The van der Waals surface area contributed by atoms with E-state index in [1.54, 1.807) is 6.07 Å². The van der Waals surface area contributed by atoms with E-state index in [9.17, 15) is 4.79 Å². The highest BCUT2D eigenvalue weighted by molar-refractivity contribution is 5.90. The van der Waals surface area contributed by atoms with Crippen molar-refractivity contribution >= 4 is 11.7 Å². The number of hydrogen-bond donors (Lipinski definition) is 1. The highest BCUT2D eigenvalue weighted by Gasteiger charge is 2.21. The molecule has 0 bridgehead atoms. The number of rotatable bonds is 12. The molecule has 0 aliphatic rings. The highest BCUT2D eigenvalue weighted by Crippen LogP contribution is 2.37. The smallest absolute Gasteiger partial charge is 0.373 e. The average Bonchev–Trinajstić information content (AvgIpc) is 2.92. The van der Waals surface area contributed by atoms with Crippen molar-refractivity contribution in [3.05, 3.63) is 77.4 Å². The van der Waals surface area contributed by atoms with Crippen molar-refractivity contribution < 1.29 is 19.7 Å². The van der Waals surface area contributed by atoms with Gasteiger partial charge in [0.25, 0.3) is 0 Å². The average molecular weight is 518 g/mol. The molecule has 0 unspecified atom stereocenters. The van der Waals surface area contributed by atoms with Gasteiger partial charge in [-0.25, -0.2) is 4.79 Å². The Bertz CT molecular complexity index is 1210. The summed E-state index contributed by atoms with van der Waals surface area (Å²) >= 11 is 0. The third-order valence-electron chi connectivity index (χ3n) is 6.91. The van der Waals surface area contributed by atoms with E-state index in [-0.39, 0.29) is 18.6 Å². The maximum Gasteiger partial charge on any atom is 0.373 e. The van der Waals surface area contributed by atoms with Gasteiger partial charge < -0.3 is 10.0 Å². The molecule has 3 aromatic rings. The molecule has 0 aromatic heterocycles. The van der Waals surface area contributed by atoms with Crippen LogP contribution < -0.4 is 4.90 Å². The molecular formula is C33H43NO4. The molecule has 0 saturated heterocycles. The largest absolute Gasteiger partial charge is 0.396 e. The quantitative estimate of drug-likeness (QED) is 0.152. The van der Waals surface area contributed by atoms with E-state index in [2.05, 4.69) is 88.9 Å². The Balaban J connectivity index is 1.91. The minimum atomic E-state index is -0.507. The zero-order valence-corrected chi connectivity index (χ0v) is 23.8. The second kappa shape index (κ2) is 13.6. The fraction of sp³-hybridized carbons (Fsp3) is 0.424. The number of nitrogens with zero attached hydrogens (tertiary/aromatic N) is 1. The van der Waals surface area contributed by atoms with Crippen LogP contribution >= 0.6 is 0 Å². The van der Waals surface area contributed by atoms with Gasteiger partial charge in [0, 0.05) is 25.4 Å². The first-order valence-electron chi connectivity index (χ1n) is 13.8. The molecule has 0 heterocycles. The van der Waals surface area contributed by atoms with Crippen LogP contribution in [0.4, 0.5) is 5.69 Å². The summed E-state index contributed by atoms with van der Waals surface area (Å²) in [5.74, 6) is -0.507. The fourth-order valence-corrected chi connectivity index (χ4v) is 4.73. The molecule has 204 valence electrons. The first-order chi connectivity index (χ1) is 18.2.